The molecule has 110 valence electrons. The topological polar surface area (TPSA) is 66.4 Å². The highest BCUT2D eigenvalue weighted by atomic mass is 19.4. The summed E-state index contributed by atoms with van der Waals surface area (Å²) in [5.74, 6) is -3.46. The fraction of sp³-hybridized carbons (Fsp3) is 0.333. The van der Waals surface area contributed by atoms with Gasteiger partial charge in [-0.2, -0.15) is 13.2 Å². The average Bonchev–Trinajstić information content (AvgIpc) is 2.28. The van der Waals surface area contributed by atoms with Crippen LogP contribution in [0.15, 0.2) is 18.2 Å². The molecular formula is C12H11F4NO3. The number of aliphatic carboxylic acids is 1. The standard InChI is InChI=1S/C12H11F4NO3/c1-6(18)17-10(11(19)20)5-7-2-3-9(13)8(4-7)12(14,15)16/h2-4,10H,5H2,1H3,(H,17,18)(H,19,20). The SMILES string of the molecule is CC(=O)NC(Cc1ccc(F)c(C(F)(F)F)c1)C(=O)O. The van der Waals surface area contributed by atoms with Gasteiger partial charge in [0.2, 0.25) is 5.91 Å². The highest BCUT2D eigenvalue weighted by molar-refractivity contribution is 5.82. The summed E-state index contributed by atoms with van der Waals surface area (Å²) in [5, 5.41) is 10.9. The Kier molecular flexibility index (Phi) is 4.69. The number of rotatable bonds is 4. The third kappa shape index (κ3) is 4.22. The van der Waals surface area contributed by atoms with Crippen molar-refractivity contribution in [1.82, 2.24) is 5.32 Å². The maximum absolute atomic E-state index is 13.1. The summed E-state index contributed by atoms with van der Waals surface area (Å²) in [6.07, 6.45) is -5.24. The Bertz CT molecular complexity index is 528. The minimum Gasteiger partial charge on any atom is -0.480 e. The number of carbonyl (C=O) groups is 2. The first-order valence-electron chi connectivity index (χ1n) is 5.46. The molecule has 2 N–H and O–H groups in total. The van der Waals surface area contributed by atoms with Crippen LogP contribution in [-0.2, 0) is 22.2 Å². The van der Waals surface area contributed by atoms with Gasteiger partial charge in [-0.15, -0.1) is 0 Å². The number of hydrogen-bond acceptors (Lipinski definition) is 2. The van der Waals surface area contributed by atoms with Gasteiger partial charge in [0, 0.05) is 13.3 Å². The van der Waals surface area contributed by atoms with Gasteiger partial charge >= 0.3 is 12.1 Å². The van der Waals surface area contributed by atoms with Crippen LogP contribution in [0.25, 0.3) is 0 Å². The number of carboxylic acid groups (broad SMARTS) is 1. The monoisotopic (exact) mass is 293 g/mol. The number of carbonyl (C=O) groups excluding carboxylic acids is 1. The van der Waals surface area contributed by atoms with Crippen LogP contribution < -0.4 is 5.32 Å². The molecule has 1 rings (SSSR count). The summed E-state index contributed by atoms with van der Waals surface area (Å²) < 4.78 is 50.6. The van der Waals surface area contributed by atoms with E-state index in [-0.39, 0.29) is 12.0 Å². The molecule has 20 heavy (non-hydrogen) atoms. The maximum Gasteiger partial charge on any atom is 0.419 e. The molecular weight excluding hydrogens is 282 g/mol. The molecule has 0 heterocycles. The van der Waals surface area contributed by atoms with E-state index >= 15 is 0 Å². The van der Waals surface area contributed by atoms with Crippen molar-refractivity contribution in [2.45, 2.75) is 25.6 Å². The van der Waals surface area contributed by atoms with Crippen LogP contribution in [0.1, 0.15) is 18.1 Å². The average molecular weight is 293 g/mol. The van der Waals surface area contributed by atoms with Gasteiger partial charge in [-0.05, 0) is 17.7 Å². The first-order chi connectivity index (χ1) is 9.11. The Morgan fingerprint density at radius 2 is 1.95 bits per heavy atom. The molecule has 0 aliphatic rings. The van der Waals surface area contributed by atoms with Crippen LogP contribution >= 0.6 is 0 Å². The van der Waals surface area contributed by atoms with Crippen molar-refractivity contribution in [2.24, 2.45) is 0 Å². The summed E-state index contributed by atoms with van der Waals surface area (Å²) in [6.45, 7) is 1.09. The van der Waals surface area contributed by atoms with E-state index in [1.807, 2.05) is 0 Å². The molecule has 1 atom stereocenters. The molecule has 0 spiro atoms. The minimum absolute atomic E-state index is 0.0418. The van der Waals surface area contributed by atoms with E-state index in [1.54, 1.807) is 0 Å². The summed E-state index contributed by atoms with van der Waals surface area (Å²) in [4.78, 5) is 21.7. The summed E-state index contributed by atoms with van der Waals surface area (Å²) in [7, 11) is 0. The summed E-state index contributed by atoms with van der Waals surface area (Å²) in [6, 6.07) is 0.819. The van der Waals surface area contributed by atoms with Crippen molar-refractivity contribution in [3.63, 3.8) is 0 Å². The smallest absolute Gasteiger partial charge is 0.419 e. The lowest BCUT2D eigenvalue weighted by Gasteiger charge is -2.15. The van der Waals surface area contributed by atoms with E-state index in [0.717, 1.165) is 13.0 Å². The zero-order valence-corrected chi connectivity index (χ0v) is 10.3. The molecule has 0 fully saturated rings. The van der Waals surface area contributed by atoms with Gasteiger partial charge in [0.05, 0.1) is 5.56 Å². The van der Waals surface area contributed by atoms with Crippen molar-refractivity contribution in [2.75, 3.05) is 0 Å². The quantitative estimate of drug-likeness (QED) is 0.834. The predicted molar refractivity (Wildman–Crippen MR) is 60.3 cm³/mol. The molecule has 1 aromatic rings. The van der Waals surface area contributed by atoms with Crippen LogP contribution in [0.4, 0.5) is 17.6 Å². The highest BCUT2D eigenvalue weighted by Gasteiger charge is 2.34. The second-order valence-corrected chi connectivity index (χ2v) is 4.11. The van der Waals surface area contributed by atoms with E-state index in [0.29, 0.717) is 12.1 Å². The molecule has 0 aliphatic carbocycles. The van der Waals surface area contributed by atoms with Gasteiger partial charge in [-0.3, -0.25) is 4.79 Å². The Morgan fingerprint density at radius 1 is 1.35 bits per heavy atom. The van der Waals surface area contributed by atoms with Crippen molar-refractivity contribution in [1.29, 1.82) is 0 Å². The lowest BCUT2D eigenvalue weighted by atomic mass is 10.0. The number of amides is 1. The number of carboxylic acids is 1. The molecule has 4 nitrogen and oxygen atoms in total. The molecule has 0 saturated carbocycles. The van der Waals surface area contributed by atoms with Crippen LogP contribution in [0, 0.1) is 5.82 Å². The Balaban J connectivity index is 3.02. The van der Waals surface area contributed by atoms with Crippen LogP contribution in [0.5, 0.6) is 0 Å². The van der Waals surface area contributed by atoms with Crippen molar-refractivity contribution in [3.05, 3.63) is 35.1 Å². The molecule has 1 unspecified atom stereocenters. The van der Waals surface area contributed by atoms with Crippen molar-refractivity contribution in [3.8, 4) is 0 Å². The second kappa shape index (κ2) is 5.89. The first-order valence-corrected chi connectivity index (χ1v) is 5.46. The molecule has 0 aromatic heterocycles. The fourth-order valence-electron chi connectivity index (χ4n) is 1.60. The minimum atomic E-state index is -4.87. The van der Waals surface area contributed by atoms with E-state index in [9.17, 15) is 27.2 Å². The number of nitrogens with one attached hydrogen (secondary N) is 1. The van der Waals surface area contributed by atoms with Gasteiger partial charge in [0.25, 0.3) is 0 Å². The van der Waals surface area contributed by atoms with E-state index in [2.05, 4.69) is 5.32 Å². The van der Waals surface area contributed by atoms with Gasteiger partial charge in [-0.1, -0.05) is 6.07 Å². The molecule has 1 aromatic carbocycles. The number of alkyl halides is 3. The van der Waals surface area contributed by atoms with Gasteiger partial charge in [0.15, 0.2) is 0 Å². The summed E-state index contributed by atoms with van der Waals surface area (Å²) in [5.41, 5.74) is -1.51. The van der Waals surface area contributed by atoms with E-state index in [1.165, 1.54) is 0 Å². The zero-order valence-electron chi connectivity index (χ0n) is 10.3. The molecule has 0 radical (unpaired) electrons. The Morgan fingerprint density at radius 3 is 2.40 bits per heavy atom. The molecule has 0 aliphatic heterocycles. The normalized spacial score (nSPS) is 12.8. The summed E-state index contributed by atoms with van der Waals surface area (Å²) >= 11 is 0. The van der Waals surface area contributed by atoms with Gasteiger partial charge in [0.1, 0.15) is 11.9 Å². The molecule has 1 amide bonds. The second-order valence-electron chi connectivity index (χ2n) is 4.11. The third-order valence-corrected chi connectivity index (χ3v) is 2.45. The zero-order chi connectivity index (χ0) is 15.5. The van der Waals surface area contributed by atoms with Gasteiger partial charge < -0.3 is 10.4 Å². The van der Waals surface area contributed by atoms with Crippen molar-refractivity contribution >= 4 is 11.9 Å². The number of benzene rings is 1. The maximum atomic E-state index is 13.1. The lowest BCUT2D eigenvalue weighted by Crippen LogP contribution is -2.41. The van der Waals surface area contributed by atoms with E-state index < -0.39 is 35.5 Å². The first kappa shape index (κ1) is 15.9. The fourth-order valence-corrected chi connectivity index (χ4v) is 1.60. The van der Waals surface area contributed by atoms with Crippen LogP contribution in [-0.4, -0.2) is 23.0 Å². The van der Waals surface area contributed by atoms with Gasteiger partial charge in [-0.25, -0.2) is 9.18 Å². The molecule has 8 heteroatoms. The van der Waals surface area contributed by atoms with Crippen LogP contribution in [0.3, 0.4) is 0 Å². The highest BCUT2D eigenvalue weighted by Crippen LogP contribution is 2.32. The van der Waals surface area contributed by atoms with Crippen molar-refractivity contribution < 1.29 is 32.3 Å². The number of halogens is 4. The Labute approximate surface area is 111 Å². The van der Waals surface area contributed by atoms with E-state index in [4.69, 9.17) is 5.11 Å². The third-order valence-electron chi connectivity index (χ3n) is 2.45. The van der Waals surface area contributed by atoms with Crippen LogP contribution in [0.2, 0.25) is 0 Å². The predicted octanol–water partition coefficient (Wildman–Crippen LogP) is 1.98. The molecule has 0 bridgehead atoms. The largest absolute Gasteiger partial charge is 0.480 e. The molecule has 0 saturated heterocycles. The lowest BCUT2D eigenvalue weighted by molar-refractivity contribution is -0.141. The Hall–Kier alpha value is -2.12. The number of hydrogen-bond donors (Lipinski definition) is 2.